The lowest BCUT2D eigenvalue weighted by molar-refractivity contribution is 0.112. The second-order valence-corrected chi connectivity index (χ2v) is 3.57. The molecule has 1 heterocycles. The van der Waals surface area contributed by atoms with Crippen molar-refractivity contribution in [2.24, 2.45) is 11.0 Å². The van der Waals surface area contributed by atoms with Gasteiger partial charge in [-0.25, -0.2) is 0 Å². The molecule has 1 saturated heterocycles. The predicted octanol–water partition coefficient (Wildman–Crippen LogP) is 1.66. The molecule has 5 heteroatoms. The number of azide groups is 1. The first kappa shape index (κ1) is 11.3. The molecule has 0 aromatic carbocycles. The number of rotatable bonds is 6. The Labute approximate surface area is 84.7 Å². The molecule has 1 atom stereocenters. The van der Waals surface area contributed by atoms with E-state index >= 15 is 0 Å². The molecular formula is C9H18N4O. The quantitative estimate of drug-likeness (QED) is 0.370. The van der Waals surface area contributed by atoms with E-state index in [0.717, 1.165) is 32.8 Å². The molecule has 0 aromatic heterocycles. The van der Waals surface area contributed by atoms with Crippen molar-refractivity contribution in [2.75, 3.05) is 39.4 Å². The van der Waals surface area contributed by atoms with Crippen molar-refractivity contribution in [3.63, 3.8) is 0 Å². The van der Waals surface area contributed by atoms with Crippen LogP contribution in [0, 0.1) is 5.92 Å². The van der Waals surface area contributed by atoms with E-state index in [2.05, 4.69) is 14.9 Å². The Morgan fingerprint density at radius 2 is 2.50 bits per heavy atom. The molecule has 80 valence electrons. The maximum atomic E-state index is 8.13. The monoisotopic (exact) mass is 198 g/mol. The van der Waals surface area contributed by atoms with Gasteiger partial charge < -0.3 is 9.64 Å². The predicted molar refractivity (Wildman–Crippen MR) is 55.1 cm³/mol. The first-order valence-electron chi connectivity index (χ1n) is 5.17. The SMILES string of the molecule is CCOC[C@H]1CCN(CCN=[N+]=[N-])C1. The third-order valence-electron chi connectivity index (χ3n) is 2.51. The Morgan fingerprint density at radius 1 is 1.64 bits per heavy atom. The van der Waals surface area contributed by atoms with Crippen LogP contribution in [0.2, 0.25) is 0 Å². The van der Waals surface area contributed by atoms with Crippen molar-refractivity contribution in [2.45, 2.75) is 13.3 Å². The highest BCUT2D eigenvalue weighted by Crippen LogP contribution is 2.15. The van der Waals surface area contributed by atoms with Crippen molar-refractivity contribution in [1.29, 1.82) is 0 Å². The largest absolute Gasteiger partial charge is 0.381 e. The van der Waals surface area contributed by atoms with E-state index < -0.39 is 0 Å². The van der Waals surface area contributed by atoms with Gasteiger partial charge in [-0.3, -0.25) is 0 Å². The summed E-state index contributed by atoms with van der Waals surface area (Å²) in [4.78, 5) is 5.07. The zero-order valence-electron chi connectivity index (χ0n) is 8.72. The highest BCUT2D eigenvalue weighted by atomic mass is 16.5. The van der Waals surface area contributed by atoms with Crippen molar-refractivity contribution in [3.05, 3.63) is 10.4 Å². The minimum absolute atomic E-state index is 0.581. The summed E-state index contributed by atoms with van der Waals surface area (Å²) in [5.74, 6) is 0.668. The minimum Gasteiger partial charge on any atom is -0.381 e. The van der Waals surface area contributed by atoms with Gasteiger partial charge in [0.15, 0.2) is 0 Å². The van der Waals surface area contributed by atoms with Gasteiger partial charge in [0.2, 0.25) is 0 Å². The van der Waals surface area contributed by atoms with Gasteiger partial charge in [-0.2, -0.15) is 0 Å². The van der Waals surface area contributed by atoms with Crippen LogP contribution in [-0.4, -0.2) is 44.3 Å². The van der Waals surface area contributed by atoms with Crippen LogP contribution in [0.25, 0.3) is 10.4 Å². The molecule has 0 unspecified atom stereocenters. The van der Waals surface area contributed by atoms with E-state index in [0.29, 0.717) is 12.5 Å². The Kier molecular flexibility index (Phi) is 5.37. The van der Waals surface area contributed by atoms with Crippen molar-refractivity contribution >= 4 is 0 Å². The summed E-state index contributed by atoms with van der Waals surface area (Å²) >= 11 is 0. The number of likely N-dealkylation sites (tertiary alicyclic amines) is 1. The van der Waals surface area contributed by atoms with Crippen molar-refractivity contribution < 1.29 is 4.74 Å². The molecule has 14 heavy (non-hydrogen) atoms. The maximum Gasteiger partial charge on any atom is 0.0506 e. The first-order chi connectivity index (χ1) is 6.86. The highest BCUT2D eigenvalue weighted by molar-refractivity contribution is 4.75. The molecule has 0 aliphatic carbocycles. The fourth-order valence-electron chi connectivity index (χ4n) is 1.77. The number of ether oxygens (including phenoxy) is 1. The molecule has 0 saturated carbocycles. The van der Waals surface area contributed by atoms with E-state index in [1.54, 1.807) is 0 Å². The summed E-state index contributed by atoms with van der Waals surface area (Å²) in [5, 5.41) is 3.53. The van der Waals surface area contributed by atoms with Crippen molar-refractivity contribution in [1.82, 2.24) is 4.90 Å². The summed E-state index contributed by atoms with van der Waals surface area (Å²) in [7, 11) is 0. The molecule has 0 amide bonds. The Bertz CT molecular complexity index is 203. The molecule has 1 fully saturated rings. The van der Waals surface area contributed by atoms with E-state index in [-0.39, 0.29) is 0 Å². The van der Waals surface area contributed by atoms with E-state index in [1.807, 2.05) is 6.92 Å². The zero-order valence-corrected chi connectivity index (χ0v) is 8.72. The molecule has 0 radical (unpaired) electrons. The molecule has 5 nitrogen and oxygen atoms in total. The Hall–Kier alpha value is -0.770. The first-order valence-corrected chi connectivity index (χ1v) is 5.17. The molecular weight excluding hydrogens is 180 g/mol. The fraction of sp³-hybridized carbons (Fsp3) is 1.00. The average molecular weight is 198 g/mol. The topological polar surface area (TPSA) is 61.2 Å². The molecule has 1 aliphatic rings. The van der Waals surface area contributed by atoms with Gasteiger partial charge in [-0.05, 0) is 31.3 Å². The molecule has 0 spiro atoms. The van der Waals surface area contributed by atoms with Crippen LogP contribution < -0.4 is 0 Å². The average Bonchev–Trinajstić information content (AvgIpc) is 2.63. The van der Waals surface area contributed by atoms with Gasteiger partial charge in [0.25, 0.3) is 0 Å². The van der Waals surface area contributed by atoms with Crippen LogP contribution in [0.5, 0.6) is 0 Å². The third-order valence-corrected chi connectivity index (χ3v) is 2.51. The van der Waals surface area contributed by atoms with Crippen LogP contribution in [0.4, 0.5) is 0 Å². The van der Waals surface area contributed by atoms with Crippen LogP contribution >= 0.6 is 0 Å². The molecule has 1 rings (SSSR count). The second kappa shape index (κ2) is 6.65. The number of nitrogens with zero attached hydrogens (tertiary/aromatic N) is 4. The van der Waals surface area contributed by atoms with Gasteiger partial charge in [0.1, 0.15) is 0 Å². The summed E-state index contributed by atoms with van der Waals surface area (Å²) in [6.45, 7) is 7.35. The zero-order chi connectivity index (χ0) is 10.2. The maximum absolute atomic E-state index is 8.13. The third kappa shape index (κ3) is 3.96. The van der Waals surface area contributed by atoms with Gasteiger partial charge in [-0.1, -0.05) is 5.11 Å². The summed E-state index contributed by atoms with van der Waals surface area (Å²) in [6, 6.07) is 0. The van der Waals surface area contributed by atoms with Gasteiger partial charge in [0, 0.05) is 31.2 Å². The summed E-state index contributed by atoms with van der Waals surface area (Å²) < 4.78 is 5.38. The van der Waals surface area contributed by atoms with E-state index in [9.17, 15) is 0 Å². The van der Waals surface area contributed by atoms with Gasteiger partial charge in [-0.15, -0.1) is 0 Å². The smallest absolute Gasteiger partial charge is 0.0506 e. The molecule has 0 aromatic rings. The normalized spacial score (nSPS) is 22.2. The van der Waals surface area contributed by atoms with Gasteiger partial charge in [0.05, 0.1) is 6.61 Å². The molecule has 0 N–H and O–H groups in total. The standard InChI is InChI=1S/C9H18N4O/c1-2-14-8-9-3-5-13(7-9)6-4-11-12-10/h9H,2-8H2,1H3/t9-/m0/s1. The summed E-state index contributed by atoms with van der Waals surface area (Å²) in [6.07, 6.45) is 1.20. The van der Waals surface area contributed by atoms with Gasteiger partial charge >= 0.3 is 0 Å². The van der Waals surface area contributed by atoms with E-state index in [4.69, 9.17) is 10.3 Å². The lowest BCUT2D eigenvalue weighted by Gasteiger charge is -2.14. The minimum atomic E-state index is 0.581. The highest BCUT2D eigenvalue weighted by Gasteiger charge is 2.21. The lowest BCUT2D eigenvalue weighted by atomic mass is 10.1. The lowest BCUT2D eigenvalue weighted by Crippen LogP contribution is -2.24. The van der Waals surface area contributed by atoms with Crippen LogP contribution in [0.1, 0.15) is 13.3 Å². The second-order valence-electron chi connectivity index (χ2n) is 3.57. The number of hydrogen-bond donors (Lipinski definition) is 0. The fourth-order valence-corrected chi connectivity index (χ4v) is 1.77. The van der Waals surface area contributed by atoms with Crippen LogP contribution in [0.3, 0.4) is 0 Å². The van der Waals surface area contributed by atoms with Crippen LogP contribution in [-0.2, 0) is 4.74 Å². The van der Waals surface area contributed by atoms with E-state index in [1.165, 1.54) is 6.42 Å². The summed E-state index contributed by atoms with van der Waals surface area (Å²) in [5.41, 5.74) is 8.13. The Balaban J connectivity index is 2.10. The van der Waals surface area contributed by atoms with Crippen LogP contribution in [0.15, 0.2) is 5.11 Å². The molecule has 1 aliphatic heterocycles. The molecule has 0 bridgehead atoms. The number of hydrogen-bond acceptors (Lipinski definition) is 3. The Morgan fingerprint density at radius 3 is 3.21 bits per heavy atom. The van der Waals surface area contributed by atoms with Crippen molar-refractivity contribution in [3.8, 4) is 0 Å².